The molecule has 0 fully saturated rings. The van der Waals surface area contributed by atoms with E-state index in [1.165, 1.54) is 40.8 Å². The highest BCUT2D eigenvalue weighted by atomic mass is 16.3. The van der Waals surface area contributed by atoms with Crippen molar-refractivity contribution in [2.45, 2.75) is 65.6 Å². The molecule has 0 amide bonds. The topological polar surface area (TPSA) is 23.5 Å². The molecule has 2 heteroatoms. The second-order valence-electron chi connectivity index (χ2n) is 8.33. The van der Waals surface area contributed by atoms with E-state index in [0.29, 0.717) is 12.0 Å². The summed E-state index contributed by atoms with van der Waals surface area (Å²) < 4.78 is 0. The van der Waals surface area contributed by atoms with Gasteiger partial charge >= 0.3 is 0 Å². The average molecular weight is 402 g/mol. The molecule has 0 spiro atoms. The molecule has 0 aliphatic rings. The number of anilines is 1. The van der Waals surface area contributed by atoms with Gasteiger partial charge in [-0.25, -0.2) is 0 Å². The van der Waals surface area contributed by atoms with Crippen LogP contribution < -0.4 is 4.90 Å². The first-order valence-corrected chi connectivity index (χ1v) is 11.2. The number of aliphatic hydroxyl groups is 1. The van der Waals surface area contributed by atoms with Crippen molar-refractivity contribution < 1.29 is 5.11 Å². The normalized spacial score (nSPS) is 11.3. The molecule has 2 nitrogen and oxygen atoms in total. The predicted molar refractivity (Wildman–Crippen MR) is 129 cm³/mol. The van der Waals surface area contributed by atoms with Crippen molar-refractivity contribution in [1.82, 2.24) is 0 Å². The summed E-state index contributed by atoms with van der Waals surface area (Å²) in [5, 5.41) is 9.94. The molecule has 158 valence electrons. The van der Waals surface area contributed by atoms with E-state index in [2.05, 4.69) is 99.3 Å². The first kappa shape index (κ1) is 22.1. The van der Waals surface area contributed by atoms with Crippen molar-refractivity contribution >= 4 is 5.69 Å². The van der Waals surface area contributed by atoms with Crippen LogP contribution in [0.1, 0.15) is 63.1 Å². The van der Waals surface area contributed by atoms with Gasteiger partial charge in [0.2, 0.25) is 0 Å². The molecule has 0 atom stereocenters. The SMILES string of the molecule is CCC(CC)c1ccc(N(Cc2cc(-c3ccccc3)ccc2CO)C(C)C)cc1. The van der Waals surface area contributed by atoms with Gasteiger partial charge in [0.25, 0.3) is 0 Å². The average Bonchev–Trinajstić information content (AvgIpc) is 2.79. The third-order valence-electron chi connectivity index (χ3n) is 6.13. The molecule has 0 saturated carbocycles. The van der Waals surface area contributed by atoms with Gasteiger partial charge in [-0.15, -0.1) is 0 Å². The Labute approximate surface area is 182 Å². The quantitative estimate of drug-likeness (QED) is 0.411. The molecule has 0 aromatic heterocycles. The zero-order chi connectivity index (χ0) is 21.5. The van der Waals surface area contributed by atoms with E-state index < -0.39 is 0 Å². The minimum atomic E-state index is 0.0595. The molecule has 3 aromatic rings. The lowest BCUT2D eigenvalue weighted by Gasteiger charge is -2.30. The highest BCUT2D eigenvalue weighted by Gasteiger charge is 2.15. The summed E-state index contributed by atoms with van der Waals surface area (Å²) in [6, 6.07) is 26.3. The first-order chi connectivity index (χ1) is 14.6. The minimum Gasteiger partial charge on any atom is -0.392 e. The van der Waals surface area contributed by atoms with Crippen LogP contribution in [0.25, 0.3) is 11.1 Å². The van der Waals surface area contributed by atoms with E-state index in [0.717, 1.165) is 12.1 Å². The van der Waals surface area contributed by atoms with Crippen molar-refractivity contribution in [3.05, 3.63) is 89.5 Å². The van der Waals surface area contributed by atoms with Gasteiger partial charge in [-0.1, -0.05) is 68.4 Å². The van der Waals surface area contributed by atoms with Crippen LogP contribution in [0.4, 0.5) is 5.69 Å². The molecule has 0 saturated heterocycles. The van der Waals surface area contributed by atoms with E-state index in [1.54, 1.807) is 0 Å². The molecule has 0 heterocycles. The number of nitrogens with zero attached hydrogens (tertiary/aromatic N) is 1. The second kappa shape index (κ2) is 10.4. The van der Waals surface area contributed by atoms with Gasteiger partial charge in [-0.05, 0) is 78.6 Å². The standard InChI is InChI=1S/C28H35NO/c1-5-22(6-2)24-14-16-28(17-15-24)29(21(3)4)19-27-18-25(12-13-26(27)20-30)23-10-8-7-9-11-23/h7-18,21-22,30H,5-6,19-20H2,1-4H3. The number of benzene rings is 3. The predicted octanol–water partition coefficient (Wildman–Crippen LogP) is 7.16. The van der Waals surface area contributed by atoms with Crippen LogP contribution in [0.5, 0.6) is 0 Å². The molecule has 1 N–H and O–H groups in total. The lowest BCUT2D eigenvalue weighted by molar-refractivity contribution is 0.280. The largest absolute Gasteiger partial charge is 0.392 e. The Hall–Kier alpha value is -2.58. The van der Waals surface area contributed by atoms with Gasteiger partial charge in [-0.2, -0.15) is 0 Å². The van der Waals surface area contributed by atoms with Gasteiger partial charge in [0.05, 0.1) is 6.61 Å². The number of aliphatic hydroxyl groups excluding tert-OH is 1. The Morgan fingerprint density at radius 1 is 0.767 bits per heavy atom. The lowest BCUT2D eigenvalue weighted by atomic mass is 9.93. The van der Waals surface area contributed by atoms with Gasteiger partial charge in [0.15, 0.2) is 0 Å². The van der Waals surface area contributed by atoms with Crippen LogP contribution in [0.3, 0.4) is 0 Å². The Balaban J connectivity index is 1.91. The summed E-state index contributed by atoms with van der Waals surface area (Å²) in [5.74, 6) is 0.634. The Kier molecular flexibility index (Phi) is 7.70. The number of rotatable bonds is 9. The summed E-state index contributed by atoms with van der Waals surface area (Å²) in [4.78, 5) is 2.42. The fourth-order valence-electron chi connectivity index (χ4n) is 4.19. The van der Waals surface area contributed by atoms with E-state index in [1.807, 2.05) is 6.07 Å². The Bertz CT molecular complexity index is 911. The van der Waals surface area contributed by atoms with Crippen LogP contribution in [0.2, 0.25) is 0 Å². The zero-order valence-corrected chi connectivity index (χ0v) is 18.8. The fourth-order valence-corrected chi connectivity index (χ4v) is 4.19. The van der Waals surface area contributed by atoms with Crippen LogP contribution in [0, 0.1) is 0 Å². The summed E-state index contributed by atoms with van der Waals surface area (Å²) in [7, 11) is 0. The zero-order valence-electron chi connectivity index (χ0n) is 18.8. The Morgan fingerprint density at radius 3 is 2.00 bits per heavy atom. The van der Waals surface area contributed by atoms with Crippen molar-refractivity contribution in [3.8, 4) is 11.1 Å². The Morgan fingerprint density at radius 2 is 1.43 bits per heavy atom. The van der Waals surface area contributed by atoms with Crippen molar-refractivity contribution in [2.75, 3.05) is 4.90 Å². The van der Waals surface area contributed by atoms with Gasteiger partial charge in [-0.3, -0.25) is 0 Å². The molecule has 3 rings (SSSR count). The van der Waals surface area contributed by atoms with Crippen molar-refractivity contribution in [1.29, 1.82) is 0 Å². The number of hydrogen-bond donors (Lipinski definition) is 1. The van der Waals surface area contributed by atoms with E-state index in [-0.39, 0.29) is 6.61 Å². The fraction of sp³-hybridized carbons (Fsp3) is 0.357. The maximum atomic E-state index is 9.94. The summed E-state index contributed by atoms with van der Waals surface area (Å²) in [6.07, 6.45) is 2.35. The lowest BCUT2D eigenvalue weighted by Crippen LogP contribution is -2.30. The molecule has 0 aliphatic heterocycles. The van der Waals surface area contributed by atoms with Crippen LogP contribution in [-0.4, -0.2) is 11.1 Å². The number of hydrogen-bond acceptors (Lipinski definition) is 2. The summed E-state index contributed by atoms with van der Waals surface area (Å²) in [5.41, 5.74) is 7.22. The molecule has 3 aromatic carbocycles. The van der Waals surface area contributed by atoms with Crippen LogP contribution in [-0.2, 0) is 13.2 Å². The second-order valence-corrected chi connectivity index (χ2v) is 8.33. The molecule has 0 unspecified atom stereocenters. The maximum absolute atomic E-state index is 9.94. The molecule has 0 aliphatic carbocycles. The smallest absolute Gasteiger partial charge is 0.0685 e. The third-order valence-corrected chi connectivity index (χ3v) is 6.13. The molecule has 0 radical (unpaired) electrons. The highest BCUT2D eigenvalue weighted by molar-refractivity contribution is 5.65. The molecular weight excluding hydrogens is 366 g/mol. The highest BCUT2D eigenvalue weighted by Crippen LogP contribution is 2.29. The summed E-state index contributed by atoms with van der Waals surface area (Å²) in [6.45, 7) is 9.82. The van der Waals surface area contributed by atoms with Crippen molar-refractivity contribution in [3.63, 3.8) is 0 Å². The minimum absolute atomic E-state index is 0.0595. The van der Waals surface area contributed by atoms with Gasteiger partial charge < -0.3 is 10.0 Å². The van der Waals surface area contributed by atoms with Gasteiger partial charge in [0, 0.05) is 18.3 Å². The maximum Gasteiger partial charge on any atom is 0.0685 e. The monoisotopic (exact) mass is 401 g/mol. The molecule has 30 heavy (non-hydrogen) atoms. The first-order valence-electron chi connectivity index (χ1n) is 11.2. The van der Waals surface area contributed by atoms with E-state index >= 15 is 0 Å². The van der Waals surface area contributed by atoms with Crippen molar-refractivity contribution in [2.24, 2.45) is 0 Å². The van der Waals surface area contributed by atoms with Crippen LogP contribution >= 0.6 is 0 Å². The molecule has 0 bridgehead atoms. The van der Waals surface area contributed by atoms with Crippen LogP contribution in [0.15, 0.2) is 72.8 Å². The summed E-state index contributed by atoms with van der Waals surface area (Å²) >= 11 is 0. The molecular formula is C28H35NO. The third kappa shape index (κ3) is 5.12. The van der Waals surface area contributed by atoms with E-state index in [4.69, 9.17) is 0 Å². The van der Waals surface area contributed by atoms with E-state index in [9.17, 15) is 5.11 Å². The van der Waals surface area contributed by atoms with Gasteiger partial charge in [0.1, 0.15) is 0 Å².